The smallest absolute Gasteiger partial charge is 0.226 e. The van der Waals surface area contributed by atoms with E-state index >= 15 is 0 Å². The van der Waals surface area contributed by atoms with Gasteiger partial charge in [-0.1, -0.05) is 5.16 Å². The van der Waals surface area contributed by atoms with E-state index in [9.17, 15) is 13.2 Å². The summed E-state index contributed by atoms with van der Waals surface area (Å²) in [5.74, 6) is -0.528. The number of amidine groups is 1. The maximum atomic E-state index is 12.1. The van der Waals surface area contributed by atoms with Gasteiger partial charge >= 0.3 is 0 Å². The molecule has 8 heteroatoms. The van der Waals surface area contributed by atoms with Crippen LogP contribution in [-0.4, -0.2) is 54.9 Å². The van der Waals surface area contributed by atoms with Crippen LogP contribution in [0.2, 0.25) is 0 Å². The number of nitrogens with two attached hydrogens (primary N) is 1. The Hall–Kier alpha value is -1.31. The van der Waals surface area contributed by atoms with Gasteiger partial charge in [0.2, 0.25) is 5.91 Å². The van der Waals surface area contributed by atoms with Gasteiger partial charge in [-0.05, 0) is 13.3 Å². The van der Waals surface area contributed by atoms with Gasteiger partial charge in [0.1, 0.15) is 5.84 Å². The van der Waals surface area contributed by atoms with Gasteiger partial charge in [-0.3, -0.25) is 4.79 Å². The van der Waals surface area contributed by atoms with Crippen LogP contribution < -0.4 is 5.73 Å². The van der Waals surface area contributed by atoms with Gasteiger partial charge in [0.15, 0.2) is 9.84 Å². The number of amides is 1. The van der Waals surface area contributed by atoms with Gasteiger partial charge in [-0.25, -0.2) is 8.42 Å². The predicted octanol–water partition coefficient (Wildman–Crippen LogP) is -0.594. The minimum Gasteiger partial charge on any atom is -0.409 e. The summed E-state index contributed by atoms with van der Waals surface area (Å²) in [7, 11) is -3.05. The zero-order valence-corrected chi connectivity index (χ0v) is 11.2. The summed E-state index contributed by atoms with van der Waals surface area (Å²) >= 11 is 0. The van der Waals surface area contributed by atoms with E-state index in [1.165, 1.54) is 0 Å². The summed E-state index contributed by atoms with van der Waals surface area (Å²) in [5, 5.41) is 11.3. The Morgan fingerprint density at radius 1 is 1.56 bits per heavy atom. The van der Waals surface area contributed by atoms with Crippen LogP contribution in [0.25, 0.3) is 0 Å². The maximum absolute atomic E-state index is 12.1. The third kappa shape index (κ3) is 3.86. The molecule has 18 heavy (non-hydrogen) atoms. The minimum atomic E-state index is -3.05. The third-order valence-electron chi connectivity index (χ3n) is 3.04. The second-order valence-electron chi connectivity index (χ2n) is 4.36. The topological polar surface area (TPSA) is 113 Å². The zero-order valence-electron chi connectivity index (χ0n) is 10.4. The van der Waals surface area contributed by atoms with E-state index in [2.05, 4.69) is 5.16 Å². The minimum absolute atomic E-state index is 0.0558. The highest BCUT2D eigenvalue weighted by Gasteiger charge is 2.34. The van der Waals surface area contributed by atoms with E-state index in [0.717, 1.165) is 0 Å². The Bertz CT molecular complexity index is 432. The number of oxime groups is 1. The van der Waals surface area contributed by atoms with Crippen molar-refractivity contribution < 1.29 is 18.4 Å². The first-order valence-corrected chi connectivity index (χ1v) is 7.67. The Morgan fingerprint density at radius 3 is 2.67 bits per heavy atom. The van der Waals surface area contributed by atoms with Crippen molar-refractivity contribution in [1.29, 1.82) is 0 Å². The highest BCUT2D eigenvalue weighted by Crippen LogP contribution is 2.20. The SMILES string of the molecule is CCN(CCC(N)=NO)C(=O)C1CCS(=O)(=O)C1. The van der Waals surface area contributed by atoms with Crippen molar-refractivity contribution in [3.05, 3.63) is 0 Å². The molecule has 0 aromatic heterocycles. The highest BCUT2D eigenvalue weighted by atomic mass is 32.2. The first-order chi connectivity index (χ1) is 8.39. The quantitative estimate of drug-likeness (QED) is 0.302. The first-order valence-electron chi connectivity index (χ1n) is 5.85. The molecule has 0 aliphatic carbocycles. The van der Waals surface area contributed by atoms with Gasteiger partial charge in [0.05, 0.1) is 17.4 Å². The average molecular weight is 277 g/mol. The molecule has 1 saturated heterocycles. The largest absolute Gasteiger partial charge is 0.409 e. The molecule has 1 heterocycles. The van der Waals surface area contributed by atoms with E-state index in [0.29, 0.717) is 19.5 Å². The molecule has 1 atom stereocenters. The third-order valence-corrected chi connectivity index (χ3v) is 4.81. The van der Waals surface area contributed by atoms with E-state index in [-0.39, 0.29) is 29.7 Å². The monoisotopic (exact) mass is 277 g/mol. The number of hydrogen-bond acceptors (Lipinski definition) is 5. The molecule has 3 N–H and O–H groups in total. The number of carbonyl (C=O) groups excluding carboxylic acids is 1. The van der Waals surface area contributed by atoms with Crippen molar-refractivity contribution in [3.63, 3.8) is 0 Å². The fourth-order valence-electron chi connectivity index (χ4n) is 1.97. The van der Waals surface area contributed by atoms with Crippen LogP contribution in [0, 0.1) is 5.92 Å². The van der Waals surface area contributed by atoms with Gasteiger partial charge in [-0.15, -0.1) is 0 Å². The van der Waals surface area contributed by atoms with E-state index in [1.807, 2.05) is 6.92 Å². The number of rotatable bonds is 5. The maximum Gasteiger partial charge on any atom is 0.226 e. The van der Waals surface area contributed by atoms with Crippen molar-refractivity contribution >= 4 is 21.6 Å². The molecule has 1 rings (SSSR count). The summed E-state index contributed by atoms with van der Waals surface area (Å²) in [6.45, 7) is 2.63. The van der Waals surface area contributed by atoms with Crippen LogP contribution >= 0.6 is 0 Å². The number of sulfone groups is 1. The van der Waals surface area contributed by atoms with Crippen LogP contribution in [0.1, 0.15) is 19.8 Å². The summed E-state index contributed by atoms with van der Waals surface area (Å²) < 4.78 is 22.7. The Balaban J connectivity index is 2.58. The number of nitrogens with zero attached hydrogens (tertiary/aromatic N) is 2. The lowest BCUT2D eigenvalue weighted by Gasteiger charge is -2.23. The number of hydrogen-bond donors (Lipinski definition) is 2. The molecule has 0 bridgehead atoms. The molecular formula is C10H19N3O4S. The van der Waals surface area contributed by atoms with E-state index < -0.39 is 15.8 Å². The molecule has 7 nitrogen and oxygen atoms in total. The molecule has 0 aromatic rings. The fraction of sp³-hybridized carbons (Fsp3) is 0.800. The number of carbonyl (C=O) groups is 1. The normalized spacial score (nSPS) is 22.9. The average Bonchev–Trinajstić information content (AvgIpc) is 2.69. The van der Waals surface area contributed by atoms with E-state index in [4.69, 9.17) is 10.9 Å². The Labute approximate surface area is 107 Å². The van der Waals surface area contributed by atoms with E-state index in [1.54, 1.807) is 4.90 Å². The molecule has 1 unspecified atom stereocenters. The summed E-state index contributed by atoms with van der Waals surface area (Å²) in [5.41, 5.74) is 5.34. The molecule has 1 aliphatic rings. The Morgan fingerprint density at radius 2 is 2.22 bits per heavy atom. The molecule has 104 valence electrons. The van der Waals surface area contributed by atoms with Crippen LogP contribution in [0.4, 0.5) is 0 Å². The molecular weight excluding hydrogens is 258 g/mol. The molecule has 1 aliphatic heterocycles. The fourth-order valence-corrected chi connectivity index (χ4v) is 3.70. The molecule has 1 amide bonds. The lowest BCUT2D eigenvalue weighted by atomic mass is 10.1. The molecule has 0 spiro atoms. The lowest BCUT2D eigenvalue weighted by molar-refractivity contribution is -0.134. The van der Waals surface area contributed by atoms with Gasteiger partial charge in [0.25, 0.3) is 0 Å². The zero-order chi connectivity index (χ0) is 13.8. The molecule has 0 saturated carbocycles. The van der Waals surface area contributed by atoms with Crippen molar-refractivity contribution in [1.82, 2.24) is 4.90 Å². The second kappa shape index (κ2) is 6.03. The second-order valence-corrected chi connectivity index (χ2v) is 6.59. The first kappa shape index (κ1) is 14.7. The van der Waals surface area contributed by atoms with Crippen molar-refractivity contribution in [2.24, 2.45) is 16.8 Å². The summed E-state index contributed by atoms with van der Waals surface area (Å²) in [6.07, 6.45) is 0.663. The highest BCUT2D eigenvalue weighted by molar-refractivity contribution is 7.91. The lowest BCUT2D eigenvalue weighted by Crippen LogP contribution is -2.38. The van der Waals surface area contributed by atoms with Crippen molar-refractivity contribution in [2.75, 3.05) is 24.6 Å². The van der Waals surface area contributed by atoms with Crippen molar-refractivity contribution in [2.45, 2.75) is 19.8 Å². The van der Waals surface area contributed by atoms with Crippen molar-refractivity contribution in [3.8, 4) is 0 Å². The van der Waals surface area contributed by atoms with Gasteiger partial charge in [-0.2, -0.15) is 0 Å². The van der Waals surface area contributed by atoms with Crippen LogP contribution in [0.3, 0.4) is 0 Å². The standard InChI is InChI=1S/C10H19N3O4S/c1-2-13(5-3-9(11)12-15)10(14)8-4-6-18(16,17)7-8/h8,15H,2-7H2,1H3,(H2,11,12). The van der Waals surface area contributed by atoms with Crippen LogP contribution in [0.5, 0.6) is 0 Å². The van der Waals surface area contributed by atoms with Gasteiger partial charge in [0, 0.05) is 19.5 Å². The Kier molecular flexibility index (Phi) is 4.94. The molecule has 0 aromatic carbocycles. The predicted molar refractivity (Wildman–Crippen MR) is 67.0 cm³/mol. The van der Waals surface area contributed by atoms with Crippen LogP contribution in [0.15, 0.2) is 5.16 Å². The summed E-state index contributed by atoms with van der Waals surface area (Å²) in [4.78, 5) is 13.6. The van der Waals surface area contributed by atoms with Crippen LogP contribution in [-0.2, 0) is 14.6 Å². The summed E-state index contributed by atoms with van der Waals surface area (Å²) in [6, 6.07) is 0. The molecule has 1 fully saturated rings. The molecule has 0 radical (unpaired) electrons. The van der Waals surface area contributed by atoms with Gasteiger partial charge < -0.3 is 15.8 Å².